The highest BCUT2D eigenvalue weighted by Crippen LogP contribution is 2.27. The average Bonchev–Trinajstić information content (AvgIpc) is 3.34. The molecule has 0 aliphatic heterocycles. The first kappa shape index (κ1) is 18.2. The number of hydrogen-bond acceptors (Lipinski definition) is 8. The zero-order valence-corrected chi connectivity index (χ0v) is 15.5. The Kier molecular flexibility index (Phi) is 4.07. The van der Waals surface area contributed by atoms with Gasteiger partial charge in [-0.25, -0.2) is 0 Å². The molecule has 152 valence electrons. The summed E-state index contributed by atoms with van der Waals surface area (Å²) in [5.41, 5.74) is -1.58. The molecule has 0 spiro atoms. The lowest BCUT2D eigenvalue weighted by molar-refractivity contribution is -0.782. The molecule has 0 aliphatic rings. The van der Waals surface area contributed by atoms with Gasteiger partial charge >= 0.3 is 16.7 Å². The molecule has 0 aliphatic carbocycles. The SMILES string of the molecule is O=[N+]([O-])c1cc2c(no[n+]2[O-])c2c1no[n+]2[O-].c1ccc2cc3ccccc3cc2c1. The van der Waals surface area contributed by atoms with Gasteiger partial charge in [-0.3, -0.25) is 19.4 Å². The molecule has 0 amide bonds. The minimum absolute atomic E-state index is 0.0469. The molecule has 2 heterocycles. The van der Waals surface area contributed by atoms with E-state index in [0.29, 0.717) is 0 Å². The van der Waals surface area contributed by atoms with Gasteiger partial charge in [-0.05, 0) is 43.5 Å². The van der Waals surface area contributed by atoms with Crippen molar-refractivity contribution in [2.45, 2.75) is 0 Å². The Bertz CT molecular complexity index is 1500. The highest BCUT2D eigenvalue weighted by molar-refractivity contribution is 6.01. The first-order valence-electron chi connectivity index (χ1n) is 8.97. The Morgan fingerprint density at radius 3 is 1.74 bits per heavy atom. The van der Waals surface area contributed by atoms with Crippen LogP contribution in [0.4, 0.5) is 5.69 Å². The minimum atomic E-state index is -0.794. The highest BCUT2D eigenvalue weighted by atomic mass is 16.8. The zero-order valence-electron chi connectivity index (χ0n) is 15.5. The van der Waals surface area contributed by atoms with Crippen molar-refractivity contribution >= 4 is 49.3 Å². The quantitative estimate of drug-likeness (QED) is 0.171. The van der Waals surface area contributed by atoms with E-state index in [1.54, 1.807) is 0 Å². The lowest BCUT2D eigenvalue weighted by atomic mass is 10.0. The molecule has 4 aromatic carbocycles. The number of rotatable bonds is 1. The van der Waals surface area contributed by atoms with E-state index in [9.17, 15) is 20.5 Å². The van der Waals surface area contributed by atoms with Gasteiger partial charge in [0.15, 0.2) is 0 Å². The van der Waals surface area contributed by atoms with Crippen LogP contribution in [0.2, 0.25) is 0 Å². The second kappa shape index (κ2) is 6.91. The summed E-state index contributed by atoms with van der Waals surface area (Å²) in [5.74, 6) is 0. The minimum Gasteiger partial charge on any atom is -0.359 e. The van der Waals surface area contributed by atoms with Crippen LogP contribution in [-0.4, -0.2) is 15.2 Å². The standard InChI is InChI=1S/C14H10.C6HN5O6/c1-2-6-12-10-14-8-4-3-7-13(14)9-11(12)5-1;12-9(13)2-1-3-5(8-16-10(3)14)6-4(2)7-17-11(6)15/h1-10H;1H. The number of nitro groups is 1. The zero-order chi connectivity index (χ0) is 21.5. The van der Waals surface area contributed by atoms with Crippen LogP contribution >= 0.6 is 0 Å². The highest BCUT2D eigenvalue weighted by Gasteiger charge is 2.32. The van der Waals surface area contributed by atoms with Gasteiger partial charge in [0, 0.05) is 0 Å². The maximum Gasteiger partial charge on any atom is 0.331 e. The van der Waals surface area contributed by atoms with Crippen LogP contribution < -0.4 is 9.81 Å². The van der Waals surface area contributed by atoms with Gasteiger partial charge in [0.25, 0.3) is 5.52 Å². The number of non-ortho nitro benzene ring substituents is 1. The maximum atomic E-state index is 11.2. The third-order valence-electron chi connectivity index (χ3n) is 4.81. The molecule has 6 aromatic rings. The monoisotopic (exact) mass is 417 g/mol. The van der Waals surface area contributed by atoms with Crippen molar-refractivity contribution in [2.75, 3.05) is 0 Å². The van der Waals surface area contributed by atoms with Crippen molar-refractivity contribution in [1.82, 2.24) is 10.3 Å². The first-order chi connectivity index (χ1) is 15.0. The molecule has 0 saturated heterocycles. The van der Waals surface area contributed by atoms with E-state index < -0.39 is 10.6 Å². The van der Waals surface area contributed by atoms with Gasteiger partial charge in [0.2, 0.25) is 5.52 Å². The predicted octanol–water partition coefficient (Wildman–Crippen LogP) is 3.14. The summed E-state index contributed by atoms with van der Waals surface area (Å²) in [7, 11) is 0. The number of nitrogens with zero attached hydrogens (tertiary/aromatic N) is 5. The maximum absolute atomic E-state index is 11.2. The molecule has 0 bridgehead atoms. The van der Waals surface area contributed by atoms with Crippen LogP contribution in [0.5, 0.6) is 0 Å². The average molecular weight is 417 g/mol. The fourth-order valence-corrected chi connectivity index (χ4v) is 3.38. The fraction of sp³-hybridized carbons (Fsp3) is 0. The lowest BCUT2D eigenvalue weighted by Crippen LogP contribution is -2.24. The molecule has 0 N–H and O–H groups in total. The van der Waals surface area contributed by atoms with E-state index in [1.165, 1.54) is 21.5 Å². The summed E-state index contributed by atoms with van der Waals surface area (Å²) in [6.07, 6.45) is 0. The topological polar surface area (TPSA) is 149 Å². The molecule has 11 nitrogen and oxygen atoms in total. The Morgan fingerprint density at radius 1 is 0.742 bits per heavy atom. The van der Waals surface area contributed by atoms with Crippen molar-refractivity contribution in [3.8, 4) is 0 Å². The van der Waals surface area contributed by atoms with E-state index in [-0.39, 0.29) is 31.9 Å². The summed E-state index contributed by atoms with van der Waals surface area (Å²) in [5, 5.41) is 44.9. The largest absolute Gasteiger partial charge is 0.359 e. The third kappa shape index (κ3) is 3.00. The molecule has 0 atom stereocenters. The molecule has 0 radical (unpaired) electrons. The van der Waals surface area contributed by atoms with Crippen molar-refractivity contribution in [3.05, 3.63) is 87.3 Å². The smallest absolute Gasteiger partial charge is 0.331 e. The van der Waals surface area contributed by atoms with E-state index in [2.05, 4.69) is 80.2 Å². The van der Waals surface area contributed by atoms with Crippen molar-refractivity contribution < 1.29 is 24.0 Å². The summed E-state index contributed by atoms with van der Waals surface area (Å²) in [6, 6.07) is 22.3. The van der Waals surface area contributed by atoms with Gasteiger partial charge in [-0.1, -0.05) is 48.5 Å². The Hall–Kier alpha value is -4.80. The van der Waals surface area contributed by atoms with Crippen LogP contribution in [-0.2, 0) is 0 Å². The van der Waals surface area contributed by atoms with Gasteiger partial charge in [0.05, 0.1) is 21.3 Å². The molecule has 0 unspecified atom stereocenters. The number of nitro benzene ring substituents is 1. The summed E-state index contributed by atoms with van der Waals surface area (Å²) in [4.78, 5) is 9.83. The molecule has 2 aromatic heterocycles. The molecular weight excluding hydrogens is 406 g/mol. The normalized spacial score (nSPS) is 11.1. The predicted molar refractivity (Wildman–Crippen MR) is 108 cm³/mol. The van der Waals surface area contributed by atoms with Crippen molar-refractivity contribution in [1.29, 1.82) is 0 Å². The van der Waals surface area contributed by atoms with Gasteiger partial charge in [-0.15, -0.1) is 0 Å². The van der Waals surface area contributed by atoms with E-state index in [4.69, 9.17) is 0 Å². The summed E-state index contributed by atoms with van der Waals surface area (Å²) in [6.45, 7) is 0. The van der Waals surface area contributed by atoms with Crippen LogP contribution in [0.25, 0.3) is 43.6 Å². The van der Waals surface area contributed by atoms with Crippen LogP contribution in [0.15, 0.2) is 76.0 Å². The lowest BCUT2D eigenvalue weighted by Gasteiger charge is -2.00. The summed E-state index contributed by atoms with van der Waals surface area (Å²) >= 11 is 0. The van der Waals surface area contributed by atoms with E-state index in [1.807, 2.05) is 0 Å². The molecular formula is C20H11N5O6. The first-order valence-corrected chi connectivity index (χ1v) is 8.97. The fourth-order valence-electron chi connectivity index (χ4n) is 3.38. The number of fused-ring (bicyclic) bond motifs is 5. The van der Waals surface area contributed by atoms with E-state index in [0.717, 1.165) is 6.07 Å². The van der Waals surface area contributed by atoms with Crippen molar-refractivity contribution in [2.24, 2.45) is 0 Å². The Balaban J connectivity index is 0.000000134. The summed E-state index contributed by atoms with van der Waals surface area (Å²) < 4.78 is 8.49. The Labute approximate surface area is 171 Å². The van der Waals surface area contributed by atoms with Crippen LogP contribution in [0.3, 0.4) is 0 Å². The number of benzene rings is 4. The van der Waals surface area contributed by atoms with Crippen LogP contribution in [0, 0.1) is 20.5 Å². The number of aromatic nitrogens is 4. The molecule has 6 rings (SSSR count). The number of hydrogen-bond donors (Lipinski definition) is 0. The molecule has 31 heavy (non-hydrogen) atoms. The van der Waals surface area contributed by atoms with Gasteiger partial charge < -0.3 is 10.4 Å². The van der Waals surface area contributed by atoms with Crippen LogP contribution in [0.1, 0.15) is 0 Å². The van der Waals surface area contributed by atoms with Crippen molar-refractivity contribution in [3.63, 3.8) is 0 Å². The second-order valence-electron chi connectivity index (χ2n) is 6.62. The molecule has 0 saturated carbocycles. The second-order valence-corrected chi connectivity index (χ2v) is 6.62. The van der Waals surface area contributed by atoms with Gasteiger partial charge in [-0.2, -0.15) is 0 Å². The van der Waals surface area contributed by atoms with Gasteiger partial charge in [0.1, 0.15) is 0 Å². The molecule has 11 heteroatoms. The Morgan fingerprint density at radius 2 is 1.23 bits per heavy atom. The van der Waals surface area contributed by atoms with E-state index >= 15 is 0 Å². The third-order valence-corrected chi connectivity index (χ3v) is 4.81. The molecule has 0 fully saturated rings.